The quantitative estimate of drug-likeness (QED) is 0.124. The van der Waals surface area contributed by atoms with Crippen LogP contribution in [-0.4, -0.2) is 92.9 Å². The Morgan fingerprint density at radius 2 is 1.73 bits per heavy atom. The molecule has 11 atom stereocenters. The lowest BCUT2D eigenvalue weighted by molar-refractivity contribution is -0.0592. The summed E-state index contributed by atoms with van der Waals surface area (Å²) in [5, 5.41) is 22.7. The average Bonchev–Trinajstić information content (AvgIpc) is 3.28. The Balaban J connectivity index is 1.14. The number of hydrogen-bond acceptors (Lipinski definition) is 16. The smallest absolute Gasteiger partial charge is 0.397 e. The highest BCUT2D eigenvalue weighted by Gasteiger charge is 2.74. The minimum atomic E-state index is -4.93. The van der Waals surface area contributed by atoms with E-state index in [-0.39, 0.29) is 11.5 Å². The number of fused-ring (bicyclic) bond motifs is 4. The molecule has 19 nitrogen and oxygen atoms in total. The van der Waals surface area contributed by atoms with Crippen molar-refractivity contribution in [2.75, 3.05) is 24.7 Å². The van der Waals surface area contributed by atoms with E-state index in [9.17, 15) is 24.2 Å². The van der Waals surface area contributed by atoms with Crippen LogP contribution in [0.25, 0.3) is 22.3 Å². The molecule has 2 saturated carbocycles. The molecule has 2 bridgehead atoms. The molecule has 4 aliphatic rings. The number of phosphoric ester groups is 1. The Hall–Kier alpha value is -2.74. The van der Waals surface area contributed by atoms with E-state index in [2.05, 4.69) is 37.2 Å². The third kappa shape index (κ3) is 4.63. The maximum Gasteiger partial charge on any atom is 0.472 e. The normalized spacial score (nSPS) is 41.7. The number of rotatable bonds is 2. The lowest BCUT2D eigenvalue weighted by Gasteiger charge is -2.30. The van der Waals surface area contributed by atoms with Crippen LogP contribution >= 0.6 is 26.9 Å². The second-order valence-electron chi connectivity index (χ2n) is 11.5. The third-order valence-electron chi connectivity index (χ3n) is 9.00. The number of aliphatic hydroxyl groups is 2. The first-order chi connectivity index (χ1) is 21.4. The number of nitrogen functional groups attached to an aromatic ring is 2. The summed E-state index contributed by atoms with van der Waals surface area (Å²) in [4.78, 5) is 31.9. The van der Waals surface area contributed by atoms with E-state index in [1.165, 1.54) is 29.7 Å². The van der Waals surface area contributed by atoms with Gasteiger partial charge in [0.15, 0.2) is 23.3 Å². The lowest BCUT2D eigenvalue weighted by Crippen LogP contribution is -2.37. The number of anilines is 2. The highest BCUT2D eigenvalue weighted by molar-refractivity contribution is 8.44. The standard InChI is InChI=1S/C23H27N9O10P2S/c24-10-1-2-26-20-12(10)29-8-32(20)22-17-15(33)11(40-22)4-38-44(37,45)42-18-16(34)14(9-3-23(9,18)5-39-43(35,36)41-17)31-7-30-13-19(25)27-6-28-21(13)31/h1-2,6-9,11,14-18,22,33-34H,3-5H2,(H2,24,26)(H,35,36)(H,37,45)(H2,25,27,28)/t9-,11-,14-,15-,16+,17-,18+,22-,23?,44+/m1/s1. The maximum atomic E-state index is 13.6. The van der Waals surface area contributed by atoms with E-state index in [1.807, 2.05) is 0 Å². The van der Waals surface area contributed by atoms with Crippen LogP contribution in [0.3, 0.4) is 0 Å². The van der Waals surface area contributed by atoms with E-state index in [4.69, 9.17) is 34.3 Å². The summed E-state index contributed by atoms with van der Waals surface area (Å²) in [5.41, 5.74) is 12.4. The Morgan fingerprint density at radius 3 is 2.56 bits per heavy atom. The van der Waals surface area contributed by atoms with Crippen LogP contribution in [0, 0.1) is 11.3 Å². The van der Waals surface area contributed by atoms with Gasteiger partial charge in [0.05, 0.1) is 37.6 Å². The highest BCUT2D eigenvalue weighted by atomic mass is 32.7. The van der Waals surface area contributed by atoms with Crippen LogP contribution in [0.4, 0.5) is 11.5 Å². The molecule has 2 unspecified atom stereocenters. The molecule has 4 aromatic rings. The predicted octanol–water partition coefficient (Wildman–Crippen LogP) is 0.571. The number of thiol groups is 1. The lowest BCUT2D eigenvalue weighted by atomic mass is 10.0. The van der Waals surface area contributed by atoms with Crippen LogP contribution in [0.2, 0.25) is 0 Å². The van der Waals surface area contributed by atoms with Crippen LogP contribution in [0.1, 0.15) is 18.7 Å². The fourth-order valence-corrected chi connectivity index (χ4v) is 9.34. The summed E-state index contributed by atoms with van der Waals surface area (Å²) < 4.78 is 58.5. The molecule has 4 fully saturated rings. The van der Waals surface area contributed by atoms with Crippen LogP contribution in [0.15, 0.2) is 31.2 Å². The summed E-state index contributed by atoms with van der Waals surface area (Å²) in [6.45, 7) is -5.23. The SMILES string of the molecule is Nc1ncnc2c1ncn2[C@H]1[C@H](O)[C@@H]2O[P@@](=O)(S)OC[C@H]3O[C@@H](n4cnc5c(N)ccnc54)[C@H](OP(=O)(O)OCC24C[C@H]14)[C@@H]3O. The summed E-state index contributed by atoms with van der Waals surface area (Å²) in [6, 6.07) is 0.826. The van der Waals surface area contributed by atoms with Gasteiger partial charge in [-0.3, -0.25) is 22.7 Å². The number of aliphatic hydroxyl groups excluding tert-OH is 2. The van der Waals surface area contributed by atoms with Crippen molar-refractivity contribution in [1.82, 2.24) is 34.1 Å². The van der Waals surface area contributed by atoms with Gasteiger partial charge < -0.3 is 35.9 Å². The van der Waals surface area contributed by atoms with Gasteiger partial charge in [0.1, 0.15) is 47.9 Å². The first kappa shape index (κ1) is 29.6. The second kappa shape index (κ2) is 10.1. The van der Waals surface area contributed by atoms with E-state index >= 15 is 0 Å². The predicted molar refractivity (Wildman–Crippen MR) is 155 cm³/mol. The van der Waals surface area contributed by atoms with Crippen molar-refractivity contribution in [1.29, 1.82) is 0 Å². The van der Waals surface area contributed by atoms with Gasteiger partial charge in [-0.25, -0.2) is 34.0 Å². The van der Waals surface area contributed by atoms with E-state index < -0.39 is 82.0 Å². The van der Waals surface area contributed by atoms with E-state index in [1.54, 1.807) is 10.6 Å². The third-order valence-corrected chi connectivity index (χ3v) is 11.6. The molecule has 1 spiro atoms. The number of imidazole rings is 2. The Bertz CT molecular complexity index is 1930. The van der Waals surface area contributed by atoms with Gasteiger partial charge in [0.25, 0.3) is 0 Å². The molecule has 2 saturated heterocycles. The maximum absolute atomic E-state index is 13.6. The van der Waals surface area contributed by atoms with Crippen molar-refractivity contribution in [2.45, 2.75) is 49.2 Å². The molecule has 4 aromatic heterocycles. The van der Waals surface area contributed by atoms with Crippen molar-refractivity contribution >= 4 is 60.7 Å². The highest BCUT2D eigenvalue weighted by Crippen LogP contribution is 2.73. The van der Waals surface area contributed by atoms with Gasteiger partial charge in [-0.1, -0.05) is 12.2 Å². The summed E-state index contributed by atoms with van der Waals surface area (Å²) in [5.74, 6) is -0.262. The molecule has 8 rings (SSSR count). The average molecular weight is 684 g/mol. The summed E-state index contributed by atoms with van der Waals surface area (Å²) in [7, 11) is -4.93. The number of nitrogens with two attached hydrogens (primary N) is 2. The number of aromatic nitrogens is 7. The second-order valence-corrected chi connectivity index (χ2v) is 15.8. The molecule has 0 radical (unpaired) electrons. The minimum Gasteiger partial charge on any atom is -0.397 e. The Kier molecular flexibility index (Phi) is 6.67. The monoisotopic (exact) mass is 683 g/mol. The van der Waals surface area contributed by atoms with Crippen molar-refractivity contribution in [3.63, 3.8) is 0 Å². The fourth-order valence-electron chi connectivity index (χ4n) is 6.82. The first-order valence-electron chi connectivity index (χ1n) is 13.7. The fraction of sp³-hybridized carbons (Fsp3) is 0.522. The molecule has 240 valence electrons. The molecule has 6 heterocycles. The molecular weight excluding hydrogens is 656 g/mol. The van der Waals surface area contributed by atoms with Gasteiger partial charge in [0.2, 0.25) is 0 Å². The van der Waals surface area contributed by atoms with E-state index in [0.717, 1.165) is 0 Å². The molecule has 0 aromatic carbocycles. The minimum absolute atomic E-state index is 0.144. The molecule has 22 heteroatoms. The molecule has 45 heavy (non-hydrogen) atoms. The number of ether oxygens (including phenoxy) is 1. The molecular formula is C23H27N9O10P2S. The van der Waals surface area contributed by atoms with Crippen molar-refractivity contribution in [3.8, 4) is 0 Å². The van der Waals surface area contributed by atoms with Gasteiger partial charge >= 0.3 is 14.6 Å². The van der Waals surface area contributed by atoms with Crippen molar-refractivity contribution in [3.05, 3.63) is 31.2 Å². The van der Waals surface area contributed by atoms with Crippen LogP contribution < -0.4 is 11.5 Å². The molecule has 2 aliphatic heterocycles. The largest absolute Gasteiger partial charge is 0.472 e. The Labute approximate surface area is 258 Å². The summed E-state index contributed by atoms with van der Waals surface area (Å²) in [6.07, 6.45) is -2.29. The van der Waals surface area contributed by atoms with Gasteiger partial charge in [-0.2, -0.15) is 0 Å². The first-order valence-corrected chi connectivity index (χ1v) is 17.9. The zero-order valence-corrected chi connectivity index (χ0v) is 25.6. The van der Waals surface area contributed by atoms with Crippen LogP contribution in [-0.2, 0) is 32.0 Å². The van der Waals surface area contributed by atoms with Gasteiger partial charge in [-0.15, -0.1) is 0 Å². The Morgan fingerprint density at radius 1 is 0.978 bits per heavy atom. The number of hydrogen-bond donors (Lipinski definition) is 6. The number of phosphoric acid groups is 1. The van der Waals surface area contributed by atoms with Crippen molar-refractivity contribution in [2.24, 2.45) is 11.3 Å². The zero-order valence-electron chi connectivity index (χ0n) is 23.0. The van der Waals surface area contributed by atoms with E-state index in [0.29, 0.717) is 28.8 Å². The van der Waals surface area contributed by atoms with Crippen LogP contribution in [0.5, 0.6) is 0 Å². The van der Waals surface area contributed by atoms with Gasteiger partial charge in [0, 0.05) is 11.6 Å². The summed E-state index contributed by atoms with van der Waals surface area (Å²) >= 11 is 4.15. The number of nitrogens with zero attached hydrogens (tertiary/aromatic N) is 7. The van der Waals surface area contributed by atoms with Crippen molar-refractivity contribution < 1.29 is 47.1 Å². The number of pyridine rings is 1. The molecule has 0 amide bonds. The van der Waals surface area contributed by atoms with Gasteiger partial charge in [-0.05, 0) is 18.4 Å². The topological polar surface area (TPSA) is 267 Å². The zero-order chi connectivity index (χ0) is 31.5. The molecule has 2 aliphatic carbocycles. The molecule has 7 N–H and O–H groups in total.